The van der Waals surface area contributed by atoms with E-state index in [0.717, 1.165) is 6.07 Å². The number of hydrogen-bond donors (Lipinski definition) is 0. The van der Waals surface area contributed by atoms with Crippen LogP contribution in [-0.2, 0) is 24.4 Å². The lowest BCUT2D eigenvalue weighted by molar-refractivity contribution is -0.124. The zero-order chi connectivity index (χ0) is 17.1. The molecule has 1 aromatic rings. The standard InChI is InChI=1S/C13H16BrNO6S/c1-8(16)9(2)21-13(17)11-7-10(5-6-12(11)14)22(18,19)15(3)20-4/h5-7,9H,1-4H3/t9-/m0/s1. The molecule has 0 fully saturated rings. The van der Waals surface area contributed by atoms with E-state index >= 15 is 0 Å². The summed E-state index contributed by atoms with van der Waals surface area (Å²) in [6.07, 6.45) is -0.915. The Balaban J connectivity index is 3.21. The van der Waals surface area contributed by atoms with Crippen molar-refractivity contribution in [3.8, 4) is 0 Å². The Hall–Kier alpha value is -1.29. The molecule has 0 saturated carbocycles. The summed E-state index contributed by atoms with van der Waals surface area (Å²) in [6, 6.07) is 3.88. The number of benzene rings is 1. The lowest BCUT2D eigenvalue weighted by Gasteiger charge is -2.15. The zero-order valence-corrected chi connectivity index (χ0v) is 14.9. The van der Waals surface area contributed by atoms with E-state index in [1.165, 1.54) is 40.1 Å². The van der Waals surface area contributed by atoms with E-state index in [1.54, 1.807) is 0 Å². The molecule has 0 heterocycles. The van der Waals surface area contributed by atoms with Gasteiger partial charge in [-0.05, 0) is 48.0 Å². The fourth-order valence-electron chi connectivity index (χ4n) is 1.37. The van der Waals surface area contributed by atoms with Crippen LogP contribution in [0.2, 0.25) is 0 Å². The second-order valence-electron chi connectivity index (χ2n) is 4.40. The number of halogens is 1. The van der Waals surface area contributed by atoms with Gasteiger partial charge in [0.1, 0.15) is 0 Å². The minimum Gasteiger partial charge on any atom is -0.451 e. The Morgan fingerprint density at radius 2 is 1.91 bits per heavy atom. The van der Waals surface area contributed by atoms with Crippen molar-refractivity contribution in [1.82, 2.24) is 4.47 Å². The second-order valence-corrected chi connectivity index (χ2v) is 7.19. The highest BCUT2D eigenvalue weighted by Crippen LogP contribution is 2.24. The minimum absolute atomic E-state index is 0.00122. The molecule has 0 spiro atoms. The third-order valence-electron chi connectivity index (χ3n) is 2.91. The Morgan fingerprint density at radius 3 is 2.41 bits per heavy atom. The quantitative estimate of drug-likeness (QED) is 0.540. The first-order chi connectivity index (χ1) is 10.1. The van der Waals surface area contributed by atoms with Gasteiger partial charge in [0.25, 0.3) is 10.0 Å². The van der Waals surface area contributed by atoms with E-state index in [2.05, 4.69) is 20.8 Å². The molecule has 22 heavy (non-hydrogen) atoms. The van der Waals surface area contributed by atoms with Crippen molar-refractivity contribution in [2.75, 3.05) is 14.2 Å². The number of esters is 1. The van der Waals surface area contributed by atoms with Gasteiger partial charge in [-0.2, -0.15) is 0 Å². The monoisotopic (exact) mass is 393 g/mol. The number of nitrogens with zero attached hydrogens (tertiary/aromatic N) is 1. The summed E-state index contributed by atoms with van der Waals surface area (Å²) in [5, 5.41) is 0. The first-order valence-corrected chi connectivity index (χ1v) is 8.38. The van der Waals surface area contributed by atoms with Crippen LogP contribution in [-0.4, -0.2) is 44.9 Å². The molecule has 0 N–H and O–H groups in total. The minimum atomic E-state index is -3.89. The number of ether oxygens (including phenoxy) is 1. The van der Waals surface area contributed by atoms with Crippen LogP contribution in [0.3, 0.4) is 0 Å². The van der Waals surface area contributed by atoms with Gasteiger partial charge in [0.2, 0.25) is 0 Å². The third-order valence-corrected chi connectivity index (χ3v) is 5.27. The molecule has 0 radical (unpaired) electrons. The molecule has 0 unspecified atom stereocenters. The molecule has 0 bridgehead atoms. The summed E-state index contributed by atoms with van der Waals surface area (Å²) in [5.41, 5.74) is -0.00122. The lowest BCUT2D eigenvalue weighted by atomic mass is 10.2. The predicted octanol–water partition coefficient (Wildman–Crippen LogP) is 1.77. The van der Waals surface area contributed by atoms with E-state index in [-0.39, 0.29) is 16.2 Å². The second kappa shape index (κ2) is 7.32. The smallest absolute Gasteiger partial charge is 0.340 e. The number of hydrogen-bond acceptors (Lipinski definition) is 6. The Bertz CT molecular complexity index is 688. The summed E-state index contributed by atoms with van der Waals surface area (Å²) in [5.74, 6) is -1.11. The summed E-state index contributed by atoms with van der Waals surface area (Å²) < 4.78 is 30.3. The molecule has 7 nitrogen and oxygen atoms in total. The summed E-state index contributed by atoms with van der Waals surface area (Å²) in [6.45, 7) is 2.73. The number of carbonyl (C=O) groups is 2. The van der Waals surface area contributed by atoms with E-state index in [1.807, 2.05) is 0 Å². The highest BCUT2D eigenvalue weighted by molar-refractivity contribution is 9.10. The Kier molecular flexibility index (Phi) is 6.24. The maximum Gasteiger partial charge on any atom is 0.340 e. The normalized spacial score (nSPS) is 13.0. The van der Waals surface area contributed by atoms with Crippen LogP contribution in [0.5, 0.6) is 0 Å². The zero-order valence-electron chi connectivity index (χ0n) is 12.5. The number of rotatable bonds is 6. The Labute approximate surface area is 137 Å². The number of sulfonamides is 1. The highest BCUT2D eigenvalue weighted by atomic mass is 79.9. The van der Waals surface area contributed by atoms with Crippen LogP contribution in [0.15, 0.2) is 27.6 Å². The van der Waals surface area contributed by atoms with Crippen molar-refractivity contribution in [3.63, 3.8) is 0 Å². The molecule has 0 aliphatic rings. The molecule has 0 aromatic heterocycles. The number of hydroxylamine groups is 1. The largest absolute Gasteiger partial charge is 0.451 e. The lowest BCUT2D eigenvalue weighted by Crippen LogP contribution is -2.26. The molecule has 122 valence electrons. The van der Waals surface area contributed by atoms with Gasteiger partial charge in [-0.25, -0.2) is 13.2 Å². The van der Waals surface area contributed by atoms with Gasteiger partial charge >= 0.3 is 5.97 Å². The van der Waals surface area contributed by atoms with Crippen molar-refractivity contribution in [3.05, 3.63) is 28.2 Å². The third kappa shape index (κ3) is 4.13. The SMILES string of the molecule is CON(C)S(=O)(=O)c1ccc(Br)c(C(=O)O[C@@H](C)C(C)=O)c1. The van der Waals surface area contributed by atoms with Crippen LogP contribution < -0.4 is 0 Å². The number of ketones is 1. The van der Waals surface area contributed by atoms with Crippen LogP contribution in [0.25, 0.3) is 0 Å². The van der Waals surface area contributed by atoms with Gasteiger partial charge in [0.05, 0.1) is 17.6 Å². The first-order valence-electron chi connectivity index (χ1n) is 6.15. The maximum absolute atomic E-state index is 12.2. The molecule has 1 atom stereocenters. The first kappa shape index (κ1) is 18.8. The van der Waals surface area contributed by atoms with E-state index in [9.17, 15) is 18.0 Å². The number of Topliss-reactive ketones (excluding diaryl/α,β-unsaturated/α-hetero) is 1. The van der Waals surface area contributed by atoms with Crippen molar-refractivity contribution in [2.45, 2.75) is 24.8 Å². The molecule has 9 heteroatoms. The van der Waals surface area contributed by atoms with Gasteiger partial charge in [-0.3, -0.25) is 9.63 Å². The fraction of sp³-hybridized carbons (Fsp3) is 0.385. The van der Waals surface area contributed by atoms with E-state index < -0.39 is 22.1 Å². The molecule has 0 saturated heterocycles. The molecule has 1 rings (SSSR count). The number of carbonyl (C=O) groups excluding carboxylic acids is 2. The molecular formula is C13H16BrNO6S. The topological polar surface area (TPSA) is 90.0 Å². The van der Waals surface area contributed by atoms with Crippen LogP contribution >= 0.6 is 15.9 Å². The fourth-order valence-corrected chi connectivity index (χ4v) is 2.78. The van der Waals surface area contributed by atoms with Crippen LogP contribution in [0.1, 0.15) is 24.2 Å². The average Bonchev–Trinajstić information content (AvgIpc) is 2.46. The highest BCUT2D eigenvalue weighted by Gasteiger charge is 2.24. The summed E-state index contributed by atoms with van der Waals surface area (Å²) in [4.78, 5) is 27.7. The van der Waals surface area contributed by atoms with Crippen LogP contribution in [0, 0.1) is 0 Å². The van der Waals surface area contributed by atoms with E-state index in [0.29, 0.717) is 8.94 Å². The molecule has 0 aliphatic heterocycles. The van der Waals surface area contributed by atoms with Crippen molar-refractivity contribution < 1.29 is 27.6 Å². The van der Waals surface area contributed by atoms with Crippen molar-refractivity contribution in [1.29, 1.82) is 0 Å². The van der Waals surface area contributed by atoms with Crippen molar-refractivity contribution in [2.24, 2.45) is 0 Å². The Morgan fingerprint density at radius 1 is 1.32 bits per heavy atom. The molecule has 0 amide bonds. The molecule has 1 aromatic carbocycles. The van der Waals surface area contributed by atoms with Gasteiger partial charge in [-0.1, -0.05) is 4.47 Å². The predicted molar refractivity (Wildman–Crippen MR) is 81.7 cm³/mol. The van der Waals surface area contributed by atoms with Gasteiger partial charge in [0.15, 0.2) is 11.9 Å². The maximum atomic E-state index is 12.2. The average molecular weight is 394 g/mol. The molecule has 0 aliphatic carbocycles. The summed E-state index contributed by atoms with van der Waals surface area (Å²) in [7, 11) is -1.45. The van der Waals surface area contributed by atoms with Crippen molar-refractivity contribution >= 4 is 37.7 Å². The van der Waals surface area contributed by atoms with Gasteiger partial charge in [0, 0.05) is 11.5 Å². The summed E-state index contributed by atoms with van der Waals surface area (Å²) >= 11 is 3.15. The van der Waals surface area contributed by atoms with E-state index in [4.69, 9.17) is 4.74 Å². The van der Waals surface area contributed by atoms with Gasteiger partial charge < -0.3 is 4.74 Å². The molecular weight excluding hydrogens is 378 g/mol. The van der Waals surface area contributed by atoms with Crippen LogP contribution in [0.4, 0.5) is 0 Å². The van der Waals surface area contributed by atoms with Gasteiger partial charge in [-0.15, -0.1) is 0 Å².